The van der Waals surface area contributed by atoms with Crippen molar-refractivity contribution in [3.8, 4) is 22.6 Å². The maximum absolute atomic E-state index is 13.0. The van der Waals surface area contributed by atoms with Crippen molar-refractivity contribution < 1.29 is 26.7 Å². The molecule has 3 aromatic carbocycles. The molecule has 0 saturated carbocycles. The third kappa shape index (κ3) is 3.77. The average molecular weight is 445 g/mol. The van der Waals surface area contributed by atoms with Gasteiger partial charge < -0.3 is 9.47 Å². The first-order valence-corrected chi connectivity index (χ1v) is 11.1. The molecule has 0 amide bonds. The third-order valence-electron chi connectivity index (χ3n) is 5.56. The first-order chi connectivity index (χ1) is 14.6. The minimum atomic E-state index is -3.91. The zero-order chi connectivity index (χ0) is 22.4. The molecule has 0 aliphatic carbocycles. The van der Waals surface area contributed by atoms with Crippen molar-refractivity contribution in [1.29, 1.82) is 0 Å². The molecule has 2 N–H and O–H groups in total. The van der Waals surface area contributed by atoms with E-state index in [0.717, 1.165) is 5.56 Å². The smallest absolute Gasteiger partial charge is 0.387 e. The van der Waals surface area contributed by atoms with E-state index in [1.54, 1.807) is 30.3 Å². The molecule has 4 rings (SSSR count). The first-order valence-electron chi connectivity index (χ1n) is 9.56. The lowest BCUT2D eigenvalue weighted by molar-refractivity contribution is -0.0496. The van der Waals surface area contributed by atoms with Crippen LogP contribution < -0.4 is 14.6 Å². The Morgan fingerprint density at radius 2 is 1.74 bits per heavy atom. The summed E-state index contributed by atoms with van der Waals surface area (Å²) in [4.78, 5) is 0. The number of benzene rings is 3. The van der Waals surface area contributed by atoms with E-state index in [9.17, 15) is 17.2 Å². The number of sulfonamides is 1. The van der Waals surface area contributed by atoms with E-state index < -0.39 is 27.5 Å². The summed E-state index contributed by atoms with van der Waals surface area (Å²) in [5, 5.41) is 5.46. The van der Waals surface area contributed by atoms with Gasteiger partial charge in [-0.25, -0.2) is 13.6 Å². The van der Waals surface area contributed by atoms with E-state index in [0.29, 0.717) is 28.0 Å². The zero-order valence-electron chi connectivity index (χ0n) is 16.9. The molecular weight excluding hydrogens is 424 g/mol. The molecule has 162 valence electrons. The van der Waals surface area contributed by atoms with Crippen LogP contribution in [0.2, 0.25) is 0 Å². The zero-order valence-corrected chi connectivity index (χ0v) is 17.7. The van der Waals surface area contributed by atoms with Gasteiger partial charge in [-0.2, -0.15) is 8.78 Å². The van der Waals surface area contributed by atoms with Crippen LogP contribution in [0.1, 0.15) is 36.6 Å². The van der Waals surface area contributed by atoms with Crippen molar-refractivity contribution in [3.63, 3.8) is 0 Å². The second-order valence-corrected chi connectivity index (χ2v) is 9.88. The second kappa shape index (κ2) is 7.62. The maximum Gasteiger partial charge on any atom is 0.387 e. The van der Waals surface area contributed by atoms with Gasteiger partial charge in [0.05, 0.1) is 5.56 Å². The number of alkyl halides is 2. The van der Waals surface area contributed by atoms with Crippen molar-refractivity contribution in [2.24, 2.45) is 5.14 Å². The lowest BCUT2D eigenvalue weighted by Gasteiger charge is -2.32. The fourth-order valence-corrected chi connectivity index (χ4v) is 4.14. The predicted octanol–water partition coefficient (Wildman–Crippen LogP) is 4.96. The molecule has 0 saturated heterocycles. The van der Waals surface area contributed by atoms with Gasteiger partial charge in [0.1, 0.15) is 22.4 Å². The number of fused-ring (bicyclic) bond motifs is 3. The van der Waals surface area contributed by atoms with Crippen LogP contribution in [0, 0.1) is 0 Å². The largest absolute Gasteiger partial charge is 0.480 e. The van der Waals surface area contributed by atoms with Crippen LogP contribution in [0.5, 0.6) is 11.5 Å². The van der Waals surface area contributed by atoms with Crippen LogP contribution in [-0.4, -0.2) is 15.0 Å². The van der Waals surface area contributed by atoms with E-state index in [2.05, 4.69) is 0 Å². The van der Waals surface area contributed by atoms with Gasteiger partial charge in [-0.15, -0.1) is 0 Å². The lowest BCUT2D eigenvalue weighted by Crippen LogP contribution is -2.35. The Morgan fingerprint density at radius 3 is 2.39 bits per heavy atom. The lowest BCUT2D eigenvalue weighted by atomic mass is 9.86. The topological polar surface area (TPSA) is 78.6 Å². The van der Waals surface area contributed by atoms with Crippen molar-refractivity contribution in [2.75, 3.05) is 0 Å². The molecule has 0 spiro atoms. The average Bonchev–Trinajstić information content (AvgIpc) is 2.72. The number of rotatable bonds is 5. The molecule has 5 nitrogen and oxygen atoms in total. The Bertz CT molecular complexity index is 1230. The van der Waals surface area contributed by atoms with Crippen molar-refractivity contribution in [3.05, 3.63) is 83.4 Å². The highest BCUT2D eigenvalue weighted by atomic mass is 32.2. The molecule has 0 radical (unpaired) electrons. The van der Waals surface area contributed by atoms with E-state index in [-0.39, 0.29) is 5.75 Å². The fourth-order valence-electron chi connectivity index (χ4n) is 3.68. The van der Waals surface area contributed by atoms with Crippen molar-refractivity contribution >= 4 is 10.0 Å². The highest BCUT2D eigenvalue weighted by molar-refractivity contribution is 7.90. The quantitative estimate of drug-likeness (QED) is 0.602. The molecule has 1 aliphatic rings. The summed E-state index contributed by atoms with van der Waals surface area (Å²) in [5.41, 5.74) is 2.96. The molecule has 0 aromatic heterocycles. The standard InChI is InChI=1S/C23H21F2NO4S/c1-23(2,31(26,27)28)15-11-12-16-17(13-15)21(14-7-4-3-5-8-14)29-18-9-6-10-19(20(16)18)30-22(24)25/h3-13,21-22H,1-2H3,(H2,26,27,28). The Morgan fingerprint density at radius 1 is 1.03 bits per heavy atom. The Hall–Kier alpha value is -2.97. The van der Waals surface area contributed by atoms with Crippen LogP contribution in [-0.2, 0) is 14.8 Å². The number of hydrogen-bond donors (Lipinski definition) is 1. The number of nitrogens with two attached hydrogens (primary N) is 1. The monoisotopic (exact) mass is 445 g/mol. The number of primary sulfonamides is 1. The molecule has 1 unspecified atom stereocenters. The van der Waals surface area contributed by atoms with Crippen LogP contribution in [0.3, 0.4) is 0 Å². The number of hydrogen-bond acceptors (Lipinski definition) is 4. The van der Waals surface area contributed by atoms with Gasteiger partial charge in [0, 0.05) is 5.56 Å². The van der Waals surface area contributed by atoms with Gasteiger partial charge in [-0.3, -0.25) is 0 Å². The van der Waals surface area contributed by atoms with Crippen molar-refractivity contribution in [2.45, 2.75) is 31.3 Å². The van der Waals surface area contributed by atoms with Crippen LogP contribution >= 0.6 is 0 Å². The predicted molar refractivity (Wildman–Crippen MR) is 114 cm³/mol. The SMILES string of the molecule is CC(C)(c1ccc2c(c1)C(c1ccccc1)Oc1cccc(OC(F)F)c1-2)S(N)(=O)=O. The molecule has 3 aromatic rings. The minimum absolute atomic E-state index is 0.0151. The molecule has 8 heteroatoms. The molecule has 0 fully saturated rings. The van der Waals surface area contributed by atoms with Crippen LogP contribution in [0.25, 0.3) is 11.1 Å². The molecule has 1 atom stereocenters. The van der Waals surface area contributed by atoms with E-state index in [1.807, 2.05) is 30.3 Å². The second-order valence-electron chi connectivity index (χ2n) is 7.77. The molecule has 1 heterocycles. The normalized spacial score (nSPS) is 15.7. The van der Waals surface area contributed by atoms with Gasteiger partial charge in [0.15, 0.2) is 0 Å². The number of halogens is 2. The minimum Gasteiger partial charge on any atom is -0.480 e. The Kier molecular flexibility index (Phi) is 5.23. The molecule has 1 aliphatic heterocycles. The summed E-state index contributed by atoms with van der Waals surface area (Å²) < 4.78 is 60.0. The van der Waals surface area contributed by atoms with Crippen molar-refractivity contribution in [1.82, 2.24) is 0 Å². The summed E-state index contributed by atoms with van der Waals surface area (Å²) in [5.74, 6) is 0.386. The summed E-state index contributed by atoms with van der Waals surface area (Å²) in [6.07, 6.45) is -0.568. The molecule has 0 bridgehead atoms. The van der Waals surface area contributed by atoms with Gasteiger partial charge in [-0.1, -0.05) is 48.5 Å². The Labute approximate surface area is 179 Å². The first kappa shape index (κ1) is 21.3. The van der Waals surface area contributed by atoms with E-state index >= 15 is 0 Å². The number of ether oxygens (including phenoxy) is 2. The summed E-state index contributed by atoms with van der Waals surface area (Å²) in [7, 11) is -3.91. The van der Waals surface area contributed by atoms with Gasteiger partial charge in [-0.05, 0) is 48.7 Å². The fraction of sp³-hybridized carbons (Fsp3) is 0.217. The third-order valence-corrected chi connectivity index (χ3v) is 7.22. The van der Waals surface area contributed by atoms with E-state index in [1.165, 1.54) is 19.9 Å². The van der Waals surface area contributed by atoms with Gasteiger partial charge >= 0.3 is 6.61 Å². The van der Waals surface area contributed by atoms with Gasteiger partial charge in [0.25, 0.3) is 0 Å². The molecule has 31 heavy (non-hydrogen) atoms. The highest BCUT2D eigenvalue weighted by Crippen LogP contribution is 2.50. The maximum atomic E-state index is 13.0. The molecular formula is C23H21F2NO4S. The van der Waals surface area contributed by atoms with E-state index in [4.69, 9.17) is 14.6 Å². The summed E-state index contributed by atoms with van der Waals surface area (Å²) in [6.45, 7) is 0.0390. The van der Waals surface area contributed by atoms with Crippen LogP contribution in [0.4, 0.5) is 8.78 Å². The highest BCUT2D eigenvalue weighted by Gasteiger charge is 2.36. The van der Waals surface area contributed by atoms with Crippen LogP contribution in [0.15, 0.2) is 66.7 Å². The summed E-state index contributed by atoms with van der Waals surface area (Å²) in [6, 6.07) is 19.1. The summed E-state index contributed by atoms with van der Waals surface area (Å²) >= 11 is 0. The Balaban J connectivity index is 1.97. The van der Waals surface area contributed by atoms with Gasteiger partial charge in [0.2, 0.25) is 10.0 Å².